The van der Waals surface area contributed by atoms with E-state index in [1.54, 1.807) is 4.90 Å². The maximum Gasteiger partial charge on any atom is 0.334 e. The Morgan fingerprint density at radius 2 is 1.45 bits per heavy atom. The minimum absolute atomic E-state index is 0.00622. The predicted octanol–water partition coefficient (Wildman–Crippen LogP) is 0.0776. The summed E-state index contributed by atoms with van der Waals surface area (Å²) in [7, 11) is -4.34. The van der Waals surface area contributed by atoms with Crippen molar-refractivity contribution < 1.29 is 23.9 Å². The first-order valence-corrected chi connectivity index (χ1v) is 8.79. The molecule has 8 heteroatoms. The summed E-state index contributed by atoms with van der Waals surface area (Å²) in [4.78, 5) is 44.6. The summed E-state index contributed by atoms with van der Waals surface area (Å²) in [5, 5.41) is 0. The molecule has 1 heterocycles. The first kappa shape index (κ1) is 16.7. The molecule has 2 N–H and O–H groups in total. The summed E-state index contributed by atoms with van der Waals surface area (Å²) in [6.07, 6.45) is -0.456. The van der Waals surface area contributed by atoms with Gasteiger partial charge in [0.25, 0.3) is 0 Å². The van der Waals surface area contributed by atoms with Crippen LogP contribution >= 0.6 is 7.60 Å². The van der Waals surface area contributed by atoms with E-state index in [1.807, 2.05) is 30.3 Å². The first-order chi connectivity index (χ1) is 10.3. The first-order valence-electron chi connectivity index (χ1n) is 6.99. The molecule has 0 spiro atoms. The van der Waals surface area contributed by atoms with Gasteiger partial charge in [0.1, 0.15) is 6.16 Å². The lowest BCUT2D eigenvalue weighted by Crippen LogP contribution is -2.51. The zero-order valence-electron chi connectivity index (χ0n) is 12.1. The minimum Gasteiger partial charge on any atom is -0.339 e. The number of rotatable bonds is 4. The number of carbonyl (C=O) groups is 2. The van der Waals surface area contributed by atoms with Crippen LogP contribution in [0.3, 0.4) is 0 Å². The predicted molar refractivity (Wildman–Crippen MR) is 80.2 cm³/mol. The fourth-order valence-corrected chi connectivity index (χ4v) is 2.92. The highest BCUT2D eigenvalue weighted by Crippen LogP contribution is 2.34. The fraction of sp³-hybridized carbons (Fsp3) is 0.429. The zero-order chi connectivity index (χ0) is 16.2. The molecule has 7 nitrogen and oxygen atoms in total. The van der Waals surface area contributed by atoms with E-state index >= 15 is 0 Å². The van der Waals surface area contributed by atoms with E-state index in [4.69, 9.17) is 9.79 Å². The Hall–Kier alpha value is -1.69. The van der Waals surface area contributed by atoms with Gasteiger partial charge >= 0.3 is 7.60 Å². The molecular formula is C14H19N2O5P. The van der Waals surface area contributed by atoms with Crippen LogP contribution in [0.5, 0.6) is 0 Å². The van der Waals surface area contributed by atoms with Gasteiger partial charge in [-0.1, -0.05) is 30.3 Å². The lowest BCUT2D eigenvalue weighted by molar-refractivity contribution is -0.137. The number of hydrogen-bond acceptors (Lipinski definition) is 3. The van der Waals surface area contributed by atoms with Crippen LogP contribution < -0.4 is 0 Å². The van der Waals surface area contributed by atoms with Gasteiger partial charge in [0.2, 0.25) is 11.8 Å². The van der Waals surface area contributed by atoms with Crippen LogP contribution in [0.25, 0.3) is 0 Å². The van der Waals surface area contributed by atoms with E-state index in [2.05, 4.69) is 0 Å². The second kappa shape index (κ2) is 7.05. The molecular weight excluding hydrogens is 307 g/mol. The number of amides is 2. The SMILES string of the molecule is O=C(Cc1ccccc1)N1CCN(C(=O)CP(=O)(O)O)CC1. The Morgan fingerprint density at radius 1 is 0.955 bits per heavy atom. The number of hydrogen-bond donors (Lipinski definition) is 2. The van der Waals surface area contributed by atoms with Crippen LogP contribution in [0.1, 0.15) is 5.56 Å². The molecule has 0 aliphatic carbocycles. The standard InChI is InChI=1S/C14H19N2O5P/c17-13(10-12-4-2-1-3-5-12)15-6-8-16(9-7-15)14(18)11-22(19,20)21/h1-5H,6-11H2,(H2,19,20,21). The van der Waals surface area contributed by atoms with Gasteiger partial charge in [-0.2, -0.15) is 0 Å². The van der Waals surface area contributed by atoms with Crippen LogP contribution in [0.2, 0.25) is 0 Å². The van der Waals surface area contributed by atoms with Gasteiger partial charge in [0.15, 0.2) is 0 Å². The van der Waals surface area contributed by atoms with Gasteiger partial charge in [-0.3, -0.25) is 14.2 Å². The van der Waals surface area contributed by atoms with E-state index in [9.17, 15) is 14.2 Å². The van der Waals surface area contributed by atoms with Gasteiger partial charge in [0.05, 0.1) is 6.42 Å². The molecule has 120 valence electrons. The maximum atomic E-state index is 12.2. The van der Waals surface area contributed by atoms with Crippen molar-refractivity contribution in [1.82, 2.24) is 9.80 Å². The fourth-order valence-electron chi connectivity index (χ4n) is 2.36. The molecule has 1 aromatic rings. The van der Waals surface area contributed by atoms with Gasteiger partial charge in [0, 0.05) is 26.2 Å². The molecule has 1 saturated heterocycles. The van der Waals surface area contributed by atoms with E-state index < -0.39 is 19.7 Å². The molecule has 0 radical (unpaired) electrons. The van der Waals surface area contributed by atoms with Crippen molar-refractivity contribution in [1.29, 1.82) is 0 Å². The van der Waals surface area contributed by atoms with Crippen LogP contribution in [0, 0.1) is 0 Å². The highest BCUT2D eigenvalue weighted by molar-refractivity contribution is 7.52. The summed E-state index contributed by atoms with van der Waals surface area (Å²) in [6, 6.07) is 9.41. The third kappa shape index (κ3) is 4.94. The second-order valence-electron chi connectivity index (χ2n) is 5.25. The quantitative estimate of drug-likeness (QED) is 0.764. The summed E-state index contributed by atoms with van der Waals surface area (Å²) >= 11 is 0. The Morgan fingerprint density at radius 3 is 1.95 bits per heavy atom. The molecule has 0 unspecified atom stereocenters. The van der Waals surface area contributed by atoms with Crippen LogP contribution in [0.4, 0.5) is 0 Å². The molecule has 22 heavy (non-hydrogen) atoms. The monoisotopic (exact) mass is 326 g/mol. The van der Waals surface area contributed by atoms with Gasteiger partial charge in [-0.15, -0.1) is 0 Å². The van der Waals surface area contributed by atoms with Gasteiger partial charge < -0.3 is 19.6 Å². The molecule has 1 aliphatic rings. The van der Waals surface area contributed by atoms with Crippen molar-refractivity contribution in [2.75, 3.05) is 32.3 Å². The molecule has 0 atom stereocenters. The molecule has 0 aromatic heterocycles. The van der Waals surface area contributed by atoms with Gasteiger partial charge in [-0.25, -0.2) is 0 Å². The van der Waals surface area contributed by atoms with Gasteiger partial charge in [-0.05, 0) is 5.56 Å². The molecule has 1 aromatic carbocycles. The number of benzene rings is 1. The third-order valence-electron chi connectivity index (χ3n) is 3.52. The summed E-state index contributed by atoms with van der Waals surface area (Å²) < 4.78 is 10.8. The third-order valence-corrected chi connectivity index (χ3v) is 4.21. The van der Waals surface area contributed by atoms with Crippen molar-refractivity contribution in [2.24, 2.45) is 0 Å². The van der Waals surface area contributed by atoms with Crippen LogP contribution in [-0.2, 0) is 20.6 Å². The summed E-state index contributed by atoms with van der Waals surface area (Å²) in [5.74, 6) is -0.572. The molecule has 0 bridgehead atoms. The highest BCUT2D eigenvalue weighted by Gasteiger charge is 2.28. The largest absolute Gasteiger partial charge is 0.339 e. The topological polar surface area (TPSA) is 98.2 Å². The summed E-state index contributed by atoms with van der Waals surface area (Å²) in [5.41, 5.74) is 0.938. The molecule has 1 fully saturated rings. The Balaban J connectivity index is 1.83. The minimum atomic E-state index is -4.34. The lowest BCUT2D eigenvalue weighted by Gasteiger charge is -2.35. The van der Waals surface area contributed by atoms with Crippen molar-refractivity contribution >= 4 is 19.4 Å². The van der Waals surface area contributed by atoms with Crippen molar-refractivity contribution in [3.63, 3.8) is 0 Å². The number of nitrogens with zero attached hydrogens (tertiary/aromatic N) is 2. The van der Waals surface area contributed by atoms with E-state index in [1.165, 1.54) is 4.90 Å². The van der Waals surface area contributed by atoms with E-state index in [0.29, 0.717) is 32.6 Å². The average Bonchev–Trinajstić information content (AvgIpc) is 2.46. The lowest BCUT2D eigenvalue weighted by atomic mass is 10.1. The molecule has 0 saturated carbocycles. The van der Waals surface area contributed by atoms with Crippen LogP contribution in [0.15, 0.2) is 30.3 Å². The maximum absolute atomic E-state index is 12.2. The zero-order valence-corrected chi connectivity index (χ0v) is 13.0. The molecule has 2 rings (SSSR count). The average molecular weight is 326 g/mol. The smallest absolute Gasteiger partial charge is 0.334 e. The van der Waals surface area contributed by atoms with Crippen molar-refractivity contribution in [3.8, 4) is 0 Å². The molecule has 1 aliphatic heterocycles. The second-order valence-corrected chi connectivity index (χ2v) is 6.89. The molecule has 2 amide bonds. The summed E-state index contributed by atoms with van der Waals surface area (Å²) in [6.45, 7) is 1.38. The van der Waals surface area contributed by atoms with Crippen LogP contribution in [-0.4, -0.2) is 63.7 Å². The highest BCUT2D eigenvalue weighted by atomic mass is 31.2. The van der Waals surface area contributed by atoms with E-state index in [-0.39, 0.29) is 5.91 Å². The Kier molecular flexibility index (Phi) is 5.34. The van der Waals surface area contributed by atoms with Crippen molar-refractivity contribution in [3.05, 3.63) is 35.9 Å². The van der Waals surface area contributed by atoms with E-state index in [0.717, 1.165) is 5.56 Å². The normalized spacial score (nSPS) is 15.7. The number of piperazine rings is 1. The van der Waals surface area contributed by atoms with Crippen molar-refractivity contribution in [2.45, 2.75) is 6.42 Å². The number of carbonyl (C=O) groups excluding carboxylic acids is 2. The Bertz CT molecular complexity index is 578. The Labute approximate surface area is 128 Å².